The standard InChI is InChI=1S/C20H16N4O2S2/c1-13-23-24-19(28-13)21-16(25)12-27-20-22-17(14-8-4-2-5-9-14)18(26-20)15-10-6-3-7-11-15/h2-11H,12H2,1H3,(H,21,24,25). The molecule has 0 bridgehead atoms. The average molecular weight is 409 g/mol. The van der Waals surface area contributed by atoms with Crippen LogP contribution in [-0.4, -0.2) is 26.8 Å². The van der Waals surface area contributed by atoms with E-state index >= 15 is 0 Å². The van der Waals surface area contributed by atoms with Crippen molar-refractivity contribution in [3.8, 4) is 22.6 Å². The van der Waals surface area contributed by atoms with Gasteiger partial charge in [0.1, 0.15) is 10.7 Å². The number of benzene rings is 2. The second kappa shape index (κ2) is 8.37. The van der Waals surface area contributed by atoms with Gasteiger partial charge in [0.05, 0.1) is 5.75 Å². The van der Waals surface area contributed by atoms with Gasteiger partial charge < -0.3 is 4.42 Å². The molecule has 0 aliphatic rings. The van der Waals surface area contributed by atoms with Gasteiger partial charge in [-0.15, -0.1) is 10.2 Å². The summed E-state index contributed by atoms with van der Waals surface area (Å²) in [5.74, 6) is 0.679. The van der Waals surface area contributed by atoms with Gasteiger partial charge in [-0.3, -0.25) is 10.1 Å². The number of nitrogens with zero attached hydrogens (tertiary/aromatic N) is 3. The number of amides is 1. The molecule has 4 rings (SSSR count). The number of aromatic nitrogens is 3. The minimum atomic E-state index is -0.179. The molecule has 0 saturated carbocycles. The Balaban J connectivity index is 1.54. The molecule has 0 unspecified atom stereocenters. The third-order valence-corrected chi connectivity index (χ3v) is 5.37. The summed E-state index contributed by atoms with van der Waals surface area (Å²) >= 11 is 2.58. The average Bonchev–Trinajstić information content (AvgIpc) is 3.34. The molecule has 0 atom stereocenters. The van der Waals surface area contributed by atoms with Crippen molar-refractivity contribution in [2.45, 2.75) is 12.1 Å². The largest absolute Gasteiger partial charge is 0.431 e. The Morgan fingerprint density at radius 3 is 2.36 bits per heavy atom. The van der Waals surface area contributed by atoms with E-state index in [-0.39, 0.29) is 11.7 Å². The molecule has 0 radical (unpaired) electrons. The van der Waals surface area contributed by atoms with Crippen LogP contribution >= 0.6 is 23.1 Å². The first-order valence-corrected chi connectivity index (χ1v) is 10.3. The number of hydrogen-bond acceptors (Lipinski definition) is 7. The van der Waals surface area contributed by atoms with E-state index in [0.29, 0.717) is 16.1 Å². The summed E-state index contributed by atoms with van der Waals surface area (Å²) in [5.41, 5.74) is 2.66. The van der Waals surface area contributed by atoms with Gasteiger partial charge in [0.25, 0.3) is 5.22 Å². The van der Waals surface area contributed by atoms with Crippen LogP contribution < -0.4 is 5.32 Å². The third-order valence-electron chi connectivity index (χ3n) is 3.79. The van der Waals surface area contributed by atoms with Crippen LogP contribution in [0.5, 0.6) is 0 Å². The van der Waals surface area contributed by atoms with Crippen molar-refractivity contribution < 1.29 is 9.21 Å². The van der Waals surface area contributed by atoms with Crippen LogP contribution in [0.1, 0.15) is 5.01 Å². The molecule has 1 N–H and O–H groups in total. The minimum absolute atomic E-state index is 0.168. The topological polar surface area (TPSA) is 80.9 Å². The highest BCUT2D eigenvalue weighted by Crippen LogP contribution is 2.35. The summed E-state index contributed by atoms with van der Waals surface area (Å²) in [6, 6.07) is 19.7. The Kier molecular flexibility index (Phi) is 5.50. The van der Waals surface area contributed by atoms with E-state index in [1.807, 2.05) is 67.6 Å². The number of aryl methyl sites for hydroxylation is 1. The van der Waals surface area contributed by atoms with Crippen molar-refractivity contribution in [3.63, 3.8) is 0 Å². The van der Waals surface area contributed by atoms with E-state index in [0.717, 1.165) is 21.8 Å². The van der Waals surface area contributed by atoms with Gasteiger partial charge >= 0.3 is 0 Å². The second-order valence-electron chi connectivity index (χ2n) is 5.85. The molecule has 1 amide bonds. The highest BCUT2D eigenvalue weighted by molar-refractivity contribution is 7.99. The Morgan fingerprint density at radius 1 is 1.04 bits per heavy atom. The van der Waals surface area contributed by atoms with E-state index in [2.05, 4.69) is 20.5 Å². The maximum absolute atomic E-state index is 12.2. The van der Waals surface area contributed by atoms with Gasteiger partial charge in [-0.2, -0.15) is 0 Å². The first-order valence-electron chi connectivity index (χ1n) is 8.53. The van der Waals surface area contributed by atoms with Crippen LogP contribution in [0.15, 0.2) is 70.3 Å². The number of thioether (sulfide) groups is 1. The highest BCUT2D eigenvalue weighted by atomic mass is 32.2. The zero-order valence-electron chi connectivity index (χ0n) is 15.0. The summed E-state index contributed by atoms with van der Waals surface area (Å²) < 4.78 is 6.01. The van der Waals surface area contributed by atoms with E-state index < -0.39 is 0 Å². The quantitative estimate of drug-likeness (QED) is 0.457. The molecular weight excluding hydrogens is 392 g/mol. The number of hydrogen-bond donors (Lipinski definition) is 1. The molecule has 0 fully saturated rings. The minimum Gasteiger partial charge on any atom is -0.431 e. The van der Waals surface area contributed by atoms with Crippen molar-refractivity contribution in [3.05, 3.63) is 65.7 Å². The molecular formula is C20H16N4O2S2. The molecule has 140 valence electrons. The van der Waals surface area contributed by atoms with Crippen molar-refractivity contribution in [1.82, 2.24) is 15.2 Å². The van der Waals surface area contributed by atoms with Gasteiger partial charge in [-0.1, -0.05) is 83.8 Å². The lowest BCUT2D eigenvalue weighted by Crippen LogP contribution is -2.13. The monoisotopic (exact) mass is 408 g/mol. The smallest absolute Gasteiger partial charge is 0.257 e. The van der Waals surface area contributed by atoms with Gasteiger partial charge in [0.2, 0.25) is 11.0 Å². The van der Waals surface area contributed by atoms with Gasteiger partial charge in [0, 0.05) is 11.1 Å². The number of nitrogens with one attached hydrogen (secondary N) is 1. The number of carbonyl (C=O) groups excluding carboxylic acids is 1. The van der Waals surface area contributed by atoms with Crippen molar-refractivity contribution in [2.24, 2.45) is 0 Å². The molecule has 0 aliphatic heterocycles. The molecule has 8 heteroatoms. The number of anilines is 1. The summed E-state index contributed by atoms with van der Waals surface area (Å²) in [7, 11) is 0. The highest BCUT2D eigenvalue weighted by Gasteiger charge is 2.18. The Hall–Kier alpha value is -2.97. The summed E-state index contributed by atoms with van der Waals surface area (Å²) in [4.78, 5) is 16.8. The third kappa shape index (κ3) is 4.29. The SMILES string of the molecule is Cc1nnc(NC(=O)CSc2nc(-c3ccccc3)c(-c3ccccc3)o2)s1. The van der Waals surface area contributed by atoms with Crippen molar-refractivity contribution >= 4 is 34.1 Å². The molecule has 0 saturated heterocycles. The van der Waals surface area contributed by atoms with E-state index in [4.69, 9.17) is 4.42 Å². The number of oxazole rings is 1. The lowest BCUT2D eigenvalue weighted by atomic mass is 10.1. The maximum atomic E-state index is 12.2. The fraction of sp³-hybridized carbons (Fsp3) is 0.100. The van der Waals surface area contributed by atoms with Gasteiger partial charge in [-0.25, -0.2) is 4.98 Å². The Bertz CT molecular complexity index is 1020. The van der Waals surface area contributed by atoms with Crippen LogP contribution in [0.3, 0.4) is 0 Å². The lowest BCUT2D eigenvalue weighted by molar-refractivity contribution is -0.113. The first kappa shape index (κ1) is 18.4. The molecule has 2 aromatic carbocycles. The Morgan fingerprint density at radius 2 is 1.71 bits per heavy atom. The van der Waals surface area contributed by atoms with Crippen molar-refractivity contribution in [1.29, 1.82) is 0 Å². The number of carbonyl (C=O) groups is 1. The van der Waals surface area contributed by atoms with Crippen LogP contribution in [0, 0.1) is 6.92 Å². The van der Waals surface area contributed by atoms with E-state index in [1.54, 1.807) is 0 Å². The van der Waals surface area contributed by atoms with Gasteiger partial charge in [-0.05, 0) is 6.92 Å². The molecule has 0 spiro atoms. The maximum Gasteiger partial charge on any atom is 0.257 e. The molecule has 2 heterocycles. The molecule has 6 nitrogen and oxygen atoms in total. The normalized spacial score (nSPS) is 10.8. The van der Waals surface area contributed by atoms with E-state index in [9.17, 15) is 4.79 Å². The molecule has 0 aliphatic carbocycles. The molecule has 2 aromatic heterocycles. The fourth-order valence-corrected chi connectivity index (χ4v) is 3.80. The zero-order valence-corrected chi connectivity index (χ0v) is 16.6. The fourth-order valence-electron chi connectivity index (χ4n) is 2.57. The lowest BCUT2D eigenvalue weighted by Gasteiger charge is -2.00. The second-order valence-corrected chi connectivity index (χ2v) is 7.96. The number of rotatable bonds is 6. The van der Waals surface area contributed by atoms with Crippen LogP contribution in [0.25, 0.3) is 22.6 Å². The van der Waals surface area contributed by atoms with Crippen molar-refractivity contribution in [2.75, 3.05) is 11.1 Å². The van der Waals surface area contributed by atoms with Crippen LogP contribution in [0.4, 0.5) is 5.13 Å². The van der Waals surface area contributed by atoms with E-state index in [1.165, 1.54) is 23.1 Å². The first-order chi connectivity index (χ1) is 13.7. The molecule has 28 heavy (non-hydrogen) atoms. The van der Waals surface area contributed by atoms with Crippen LogP contribution in [0.2, 0.25) is 0 Å². The van der Waals surface area contributed by atoms with Crippen LogP contribution in [-0.2, 0) is 4.79 Å². The Labute approximate surface area is 170 Å². The summed E-state index contributed by atoms with van der Waals surface area (Å²) in [6.07, 6.45) is 0. The summed E-state index contributed by atoms with van der Waals surface area (Å²) in [5, 5.41) is 12.3. The predicted octanol–water partition coefficient (Wildman–Crippen LogP) is 4.90. The zero-order chi connectivity index (χ0) is 19.3. The summed E-state index contributed by atoms with van der Waals surface area (Å²) in [6.45, 7) is 1.84. The molecule has 4 aromatic rings. The predicted molar refractivity (Wildman–Crippen MR) is 111 cm³/mol. The van der Waals surface area contributed by atoms with Gasteiger partial charge in [0.15, 0.2) is 5.76 Å².